The van der Waals surface area contributed by atoms with Crippen LogP contribution in [0.15, 0.2) is 121 Å². The molecule has 138 valence electrons. The molecule has 4 aromatic carbocycles. The summed E-state index contributed by atoms with van der Waals surface area (Å²) in [4.78, 5) is 0. The molecule has 4 rings (SSSR count). The van der Waals surface area contributed by atoms with Gasteiger partial charge in [0.1, 0.15) is 0 Å². The lowest BCUT2D eigenvalue weighted by Gasteiger charge is -2.31. The lowest BCUT2D eigenvalue weighted by atomic mass is 9.93. The van der Waals surface area contributed by atoms with Crippen LogP contribution in [-0.2, 0) is 0 Å². The van der Waals surface area contributed by atoms with Crippen molar-refractivity contribution in [2.45, 2.75) is 12.0 Å². The SMILES string of the molecule is Cl[Si](CC(c1ccccc1)c1ccccc1)(c1ccccc1)c1ccccc1. The molecule has 0 aliphatic rings. The molecule has 0 bridgehead atoms. The molecule has 0 amide bonds. The van der Waals surface area contributed by atoms with Crippen molar-refractivity contribution in [1.29, 1.82) is 0 Å². The van der Waals surface area contributed by atoms with E-state index in [2.05, 4.69) is 121 Å². The van der Waals surface area contributed by atoms with Crippen LogP contribution < -0.4 is 10.4 Å². The van der Waals surface area contributed by atoms with Crippen molar-refractivity contribution in [2.75, 3.05) is 0 Å². The van der Waals surface area contributed by atoms with Crippen molar-refractivity contribution >= 4 is 28.8 Å². The van der Waals surface area contributed by atoms with Gasteiger partial charge in [0, 0.05) is 5.92 Å². The summed E-state index contributed by atoms with van der Waals surface area (Å²) >= 11 is 7.62. The molecule has 2 heteroatoms. The zero-order chi connectivity index (χ0) is 19.2. The molecule has 0 radical (unpaired) electrons. The van der Waals surface area contributed by atoms with Gasteiger partial charge in [-0.1, -0.05) is 121 Å². The molecule has 0 heterocycles. The van der Waals surface area contributed by atoms with E-state index in [0.29, 0.717) is 0 Å². The van der Waals surface area contributed by atoms with E-state index in [0.717, 1.165) is 6.04 Å². The molecule has 0 aromatic heterocycles. The smallest absolute Gasteiger partial charge is 0.155 e. The van der Waals surface area contributed by atoms with Crippen LogP contribution in [0.4, 0.5) is 0 Å². The summed E-state index contributed by atoms with van der Waals surface area (Å²) in [6.07, 6.45) is 0. The second-order valence-electron chi connectivity index (χ2n) is 7.11. The molecule has 0 N–H and O–H groups in total. The Bertz CT molecular complexity index is 907. The van der Waals surface area contributed by atoms with Crippen LogP contribution in [0.2, 0.25) is 6.04 Å². The van der Waals surface area contributed by atoms with Crippen LogP contribution in [-0.4, -0.2) is 7.38 Å². The Balaban J connectivity index is 1.84. The molecule has 28 heavy (non-hydrogen) atoms. The number of benzene rings is 4. The van der Waals surface area contributed by atoms with Crippen LogP contribution in [0, 0.1) is 0 Å². The first-order chi connectivity index (χ1) is 13.8. The molecule has 0 atom stereocenters. The quantitative estimate of drug-likeness (QED) is 0.283. The van der Waals surface area contributed by atoms with Gasteiger partial charge in [0.15, 0.2) is 0 Å². The molecular formula is C26H23ClSi. The van der Waals surface area contributed by atoms with E-state index in [1.165, 1.54) is 21.5 Å². The molecule has 0 fully saturated rings. The number of hydrogen-bond acceptors (Lipinski definition) is 0. The summed E-state index contributed by atoms with van der Waals surface area (Å²) in [6, 6.07) is 43.7. The minimum Gasteiger partial charge on any atom is -0.155 e. The first kappa shape index (κ1) is 18.7. The van der Waals surface area contributed by atoms with Crippen LogP contribution >= 0.6 is 11.1 Å². The zero-order valence-corrected chi connectivity index (χ0v) is 17.5. The first-order valence-electron chi connectivity index (χ1n) is 9.67. The highest BCUT2D eigenvalue weighted by molar-refractivity contribution is 7.34. The summed E-state index contributed by atoms with van der Waals surface area (Å²) < 4.78 is 0. The summed E-state index contributed by atoms with van der Waals surface area (Å²) in [5.41, 5.74) is 2.64. The predicted octanol–water partition coefficient (Wildman–Crippen LogP) is 5.82. The van der Waals surface area contributed by atoms with Gasteiger partial charge in [-0.25, -0.2) is 0 Å². The summed E-state index contributed by atoms with van der Waals surface area (Å²) in [7, 11) is -2.46. The fourth-order valence-electron chi connectivity index (χ4n) is 3.89. The molecule has 0 nitrogen and oxygen atoms in total. The third-order valence-corrected chi connectivity index (χ3v) is 10.6. The standard InChI is InChI=1S/C26H23ClSi/c27-28(24-17-9-3-10-18-24,25-19-11-4-12-20-25)21-26(22-13-5-1-6-14-22)23-15-7-2-8-16-23/h1-20,26H,21H2. The monoisotopic (exact) mass is 398 g/mol. The average molecular weight is 399 g/mol. The summed E-state index contributed by atoms with van der Waals surface area (Å²) in [5, 5.41) is 2.53. The van der Waals surface area contributed by atoms with Gasteiger partial charge in [0.25, 0.3) is 0 Å². The fourth-order valence-corrected chi connectivity index (χ4v) is 8.39. The van der Waals surface area contributed by atoms with E-state index in [1.54, 1.807) is 0 Å². The number of hydrogen-bond donors (Lipinski definition) is 0. The van der Waals surface area contributed by atoms with Gasteiger partial charge in [-0.15, -0.1) is 0 Å². The maximum atomic E-state index is 7.62. The van der Waals surface area contributed by atoms with Gasteiger partial charge in [0.05, 0.1) is 0 Å². The maximum Gasteiger partial charge on any atom is 0.218 e. The third-order valence-electron chi connectivity index (χ3n) is 5.35. The Morgan fingerprint density at radius 1 is 0.500 bits per heavy atom. The van der Waals surface area contributed by atoms with Gasteiger partial charge in [-0.3, -0.25) is 0 Å². The van der Waals surface area contributed by atoms with Gasteiger partial charge in [-0.05, 0) is 27.5 Å². The minimum atomic E-state index is -2.46. The van der Waals surface area contributed by atoms with E-state index in [1.807, 2.05) is 0 Å². The van der Waals surface area contributed by atoms with Crippen molar-refractivity contribution in [2.24, 2.45) is 0 Å². The molecular weight excluding hydrogens is 376 g/mol. The van der Waals surface area contributed by atoms with Gasteiger partial charge in [-0.2, -0.15) is 11.1 Å². The molecule has 0 saturated carbocycles. The van der Waals surface area contributed by atoms with Crippen molar-refractivity contribution < 1.29 is 0 Å². The topological polar surface area (TPSA) is 0 Å². The average Bonchev–Trinajstić information content (AvgIpc) is 2.80. The number of halogens is 1. The van der Waals surface area contributed by atoms with Gasteiger partial charge in [0.2, 0.25) is 7.38 Å². The van der Waals surface area contributed by atoms with Crippen molar-refractivity contribution in [1.82, 2.24) is 0 Å². The van der Waals surface area contributed by atoms with Crippen molar-refractivity contribution in [3.63, 3.8) is 0 Å². The van der Waals surface area contributed by atoms with Crippen LogP contribution in [0.1, 0.15) is 17.0 Å². The van der Waals surface area contributed by atoms with Crippen molar-refractivity contribution in [3.05, 3.63) is 132 Å². The van der Waals surface area contributed by atoms with Crippen LogP contribution in [0.25, 0.3) is 0 Å². The Labute approximate surface area is 173 Å². The molecule has 4 aromatic rings. The van der Waals surface area contributed by atoms with Gasteiger partial charge < -0.3 is 0 Å². The Kier molecular flexibility index (Phi) is 5.75. The summed E-state index contributed by atoms with van der Waals surface area (Å²) in [5.74, 6) is 0.256. The third kappa shape index (κ3) is 3.96. The van der Waals surface area contributed by atoms with Crippen molar-refractivity contribution in [3.8, 4) is 0 Å². The normalized spacial score (nSPS) is 11.5. The van der Waals surface area contributed by atoms with E-state index < -0.39 is 7.38 Å². The Morgan fingerprint density at radius 3 is 1.18 bits per heavy atom. The minimum absolute atomic E-state index is 0.256. The highest BCUT2D eigenvalue weighted by Gasteiger charge is 2.38. The van der Waals surface area contributed by atoms with E-state index >= 15 is 0 Å². The summed E-state index contributed by atoms with van der Waals surface area (Å²) in [6.45, 7) is 0. The highest BCUT2D eigenvalue weighted by Crippen LogP contribution is 2.34. The predicted molar refractivity (Wildman–Crippen MR) is 123 cm³/mol. The van der Waals surface area contributed by atoms with E-state index in [4.69, 9.17) is 11.1 Å². The van der Waals surface area contributed by atoms with Gasteiger partial charge >= 0.3 is 0 Å². The first-order valence-corrected chi connectivity index (χ1v) is 12.9. The fraction of sp³-hybridized carbons (Fsp3) is 0.0769. The second kappa shape index (κ2) is 8.60. The van der Waals surface area contributed by atoms with E-state index in [9.17, 15) is 0 Å². The highest BCUT2D eigenvalue weighted by atomic mass is 35.6. The largest absolute Gasteiger partial charge is 0.218 e. The Morgan fingerprint density at radius 2 is 0.821 bits per heavy atom. The molecule has 0 unspecified atom stereocenters. The molecule has 0 spiro atoms. The molecule has 0 aliphatic heterocycles. The molecule has 0 saturated heterocycles. The lowest BCUT2D eigenvalue weighted by Crippen LogP contribution is -2.54. The second-order valence-corrected chi connectivity index (χ2v) is 12.2. The van der Waals surface area contributed by atoms with Crippen LogP contribution in [0.3, 0.4) is 0 Å². The number of rotatable bonds is 6. The van der Waals surface area contributed by atoms with E-state index in [-0.39, 0.29) is 5.92 Å². The Hall–Kier alpha value is -2.61. The lowest BCUT2D eigenvalue weighted by molar-refractivity contribution is 0.909. The molecule has 0 aliphatic carbocycles. The van der Waals surface area contributed by atoms with Crippen LogP contribution in [0.5, 0.6) is 0 Å². The zero-order valence-electron chi connectivity index (χ0n) is 15.7. The maximum absolute atomic E-state index is 7.62.